The SMILES string of the molecule is FC(F)c1cc(I)c(Cl)nc1CCl. The van der Waals surface area contributed by atoms with E-state index in [1.807, 2.05) is 22.6 Å². The van der Waals surface area contributed by atoms with Gasteiger partial charge in [0.2, 0.25) is 0 Å². The zero-order chi connectivity index (χ0) is 10.0. The van der Waals surface area contributed by atoms with E-state index in [0.29, 0.717) is 3.57 Å². The molecule has 0 radical (unpaired) electrons. The van der Waals surface area contributed by atoms with E-state index in [2.05, 4.69) is 4.98 Å². The summed E-state index contributed by atoms with van der Waals surface area (Å²) < 4.78 is 25.3. The van der Waals surface area contributed by atoms with Crippen LogP contribution in [-0.4, -0.2) is 4.98 Å². The standard InChI is InChI=1S/C7H4Cl2F2IN/c8-2-5-3(7(10)11)1-4(12)6(9)13-5/h1,7H,2H2. The van der Waals surface area contributed by atoms with Crippen molar-refractivity contribution in [1.82, 2.24) is 4.98 Å². The lowest BCUT2D eigenvalue weighted by molar-refractivity contribution is 0.150. The molecule has 1 aromatic heterocycles. The highest BCUT2D eigenvalue weighted by molar-refractivity contribution is 14.1. The van der Waals surface area contributed by atoms with Crippen molar-refractivity contribution in [3.63, 3.8) is 0 Å². The Morgan fingerprint density at radius 3 is 2.62 bits per heavy atom. The number of hydrogen-bond donors (Lipinski definition) is 0. The summed E-state index contributed by atoms with van der Waals surface area (Å²) in [5.41, 5.74) is -0.00844. The maximum absolute atomic E-state index is 12.4. The third-order valence-corrected chi connectivity index (χ3v) is 3.09. The van der Waals surface area contributed by atoms with Crippen LogP contribution in [0.4, 0.5) is 8.78 Å². The van der Waals surface area contributed by atoms with Gasteiger partial charge < -0.3 is 0 Å². The van der Waals surface area contributed by atoms with Crippen LogP contribution in [0.2, 0.25) is 5.15 Å². The van der Waals surface area contributed by atoms with Crippen molar-refractivity contribution in [2.75, 3.05) is 0 Å². The zero-order valence-corrected chi connectivity index (χ0v) is 9.87. The fourth-order valence-electron chi connectivity index (χ4n) is 0.812. The van der Waals surface area contributed by atoms with Crippen molar-refractivity contribution in [1.29, 1.82) is 0 Å². The predicted molar refractivity (Wildman–Crippen MR) is 56.5 cm³/mol. The minimum absolute atomic E-state index is 0.0592. The molecule has 1 heterocycles. The van der Waals surface area contributed by atoms with Crippen LogP contribution in [0.1, 0.15) is 17.7 Å². The summed E-state index contributed by atoms with van der Waals surface area (Å²) in [5.74, 6) is -0.0592. The monoisotopic (exact) mass is 337 g/mol. The Morgan fingerprint density at radius 1 is 1.54 bits per heavy atom. The summed E-state index contributed by atoms with van der Waals surface area (Å²) in [6.45, 7) is 0. The highest BCUT2D eigenvalue weighted by atomic mass is 127. The molecule has 0 spiro atoms. The first-order valence-electron chi connectivity index (χ1n) is 3.25. The van der Waals surface area contributed by atoms with Crippen LogP contribution in [0.3, 0.4) is 0 Å². The molecule has 0 aliphatic carbocycles. The molecule has 1 rings (SSSR count). The first-order chi connectivity index (χ1) is 6.06. The fraction of sp³-hybridized carbons (Fsp3) is 0.286. The van der Waals surface area contributed by atoms with E-state index >= 15 is 0 Å². The van der Waals surface area contributed by atoms with Gasteiger partial charge in [0, 0.05) is 5.56 Å². The third-order valence-electron chi connectivity index (χ3n) is 1.41. The van der Waals surface area contributed by atoms with Gasteiger partial charge in [-0.1, -0.05) is 11.6 Å². The van der Waals surface area contributed by atoms with E-state index in [4.69, 9.17) is 23.2 Å². The van der Waals surface area contributed by atoms with Crippen LogP contribution in [0, 0.1) is 3.57 Å². The van der Waals surface area contributed by atoms with Crippen molar-refractivity contribution >= 4 is 45.8 Å². The first kappa shape index (κ1) is 11.4. The van der Waals surface area contributed by atoms with Crippen LogP contribution in [0.15, 0.2) is 6.07 Å². The number of alkyl halides is 3. The molecular formula is C7H4Cl2F2IN. The van der Waals surface area contributed by atoms with E-state index in [9.17, 15) is 8.78 Å². The molecule has 0 atom stereocenters. The smallest absolute Gasteiger partial charge is 0.238 e. The average Bonchev–Trinajstić information content (AvgIpc) is 2.08. The topological polar surface area (TPSA) is 12.9 Å². The van der Waals surface area contributed by atoms with Gasteiger partial charge >= 0.3 is 0 Å². The molecule has 0 unspecified atom stereocenters. The molecule has 0 saturated heterocycles. The number of rotatable bonds is 2. The van der Waals surface area contributed by atoms with Crippen molar-refractivity contribution in [2.45, 2.75) is 12.3 Å². The Balaban J connectivity index is 3.25. The lowest BCUT2D eigenvalue weighted by Crippen LogP contribution is -1.98. The maximum Gasteiger partial charge on any atom is 0.265 e. The third kappa shape index (κ3) is 2.63. The summed E-state index contributed by atoms with van der Waals surface area (Å²) in [6.07, 6.45) is -2.56. The van der Waals surface area contributed by atoms with Crippen molar-refractivity contribution < 1.29 is 8.78 Å². The second-order valence-electron chi connectivity index (χ2n) is 2.23. The minimum atomic E-state index is -2.56. The Bertz CT molecular complexity index is 320. The predicted octanol–water partition coefficient (Wildman–Crippen LogP) is 4.02. The fourth-order valence-corrected chi connectivity index (χ4v) is 1.64. The molecule has 0 bridgehead atoms. The number of pyridine rings is 1. The van der Waals surface area contributed by atoms with E-state index in [0.717, 1.165) is 0 Å². The van der Waals surface area contributed by atoms with Gasteiger partial charge in [0.05, 0.1) is 15.1 Å². The van der Waals surface area contributed by atoms with Crippen LogP contribution in [0.25, 0.3) is 0 Å². The normalized spacial score (nSPS) is 10.9. The van der Waals surface area contributed by atoms with Crippen molar-refractivity contribution in [3.8, 4) is 0 Å². The van der Waals surface area contributed by atoms with Gasteiger partial charge in [0.1, 0.15) is 5.15 Å². The zero-order valence-electron chi connectivity index (χ0n) is 6.20. The molecule has 0 aliphatic heterocycles. The van der Waals surface area contributed by atoms with Crippen molar-refractivity contribution in [2.24, 2.45) is 0 Å². The summed E-state index contributed by atoms with van der Waals surface area (Å²) in [5, 5.41) is 0.209. The lowest BCUT2D eigenvalue weighted by atomic mass is 10.2. The summed E-state index contributed by atoms with van der Waals surface area (Å²) >= 11 is 12.9. The van der Waals surface area contributed by atoms with Crippen LogP contribution in [0.5, 0.6) is 0 Å². The summed E-state index contributed by atoms with van der Waals surface area (Å²) in [4.78, 5) is 3.76. The van der Waals surface area contributed by atoms with E-state index < -0.39 is 6.43 Å². The van der Waals surface area contributed by atoms with Gasteiger partial charge in [0.15, 0.2) is 0 Å². The average molecular weight is 338 g/mol. The Kier molecular flexibility index (Phi) is 4.12. The molecule has 72 valence electrons. The molecule has 13 heavy (non-hydrogen) atoms. The Hall–Kier alpha value is 0.320. The molecule has 1 aromatic rings. The van der Waals surface area contributed by atoms with E-state index in [1.54, 1.807) is 0 Å². The molecule has 0 fully saturated rings. The molecule has 1 nitrogen and oxygen atoms in total. The lowest BCUT2D eigenvalue weighted by Gasteiger charge is -2.06. The van der Waals surface area contributed by atoms with Gasteiger partial charge in [-0.2, -0.15) is 0 Å². The van der Waals surface area contributed by atoms with Crippen LogP contribution >= 0.6 is 45.8 Å². The molecule has 0 N–H and O–H groups in total. The molecular weight excluding hydrogens is 334 g/mol. The quantitative estimate of drug-likeness (QED) is 0.451. The minimum Gasteiger partial charge on any atom is -0.238 e. The summed E-state index contributed by atoms with van der Waals surface area (Å²) in [6, 6.07) is 1.30. The maximum atomic E-state index is 12.4. The van der Waals surface area contributed by atoms with E-state index in [-0.39, 0.29) is 22.3 Å². The highest BCUT2D eigenvalue weighted by Gasteiger charge is 2.15. The molecule has 0 amide bonds. The molecule has 6 heteroatoms. The second kappa shape index (κ2) is 4.70. The highest BCUT2D eigenvalue weighted by Crippen LogP contribution is 2.27. The van der Waals surface area contributed by atoms with Crippen molar-refractivity contribution in [3.05, 3.63) is 26.0 Å². The Labute approximate surface area is 97.6 Å². The molecule has 0 aromatic carbocycles. The van der Waals surface area contributed by atoms with Gasteiger partial charge in [0.25, 0.3) is 6.43 Å². The molecule has 0 saturated carbocycles. The number of nitrogens with zero attached hydrogens (tertiary/aromatic N) is 1. The summed E-state index contributed by atoms with van der Waals surface area (Å²) in [7, 11) is 0. The largest absolute Gasteiger partial charge is 0.265 e. The van der Waals surface area contributed by atoms with Gasteiger partial charge in [-0.15, -0.1) is 11.6 Å². The number of aromatic nitrogens is 1. The van der Waals surface area contributed by atoms with Gasteiger partial charge in [-0.3, -0.25) is 0 Å². The van der Waals surface area contributed by atoms with Crippen LogP contribution < -0.4 is 0 Å². The van der Waals surface area contributed by atoms with Gasteiger partial charge in [-0.25, -0.2) is 13.8 Å². The van der Waals surface area contributed by atoms with Crippen LogP contribution in [-0.2, 0) is 5.88 Å². The van der Waals surface area contributed by atoms with Gasteiger partial charge in [-0.05, 0) is 28.7 Å². The Morgan fingerprint density at radius 2 is 2.15 bits per heavy atom. The first-order valence-corrected chi connectivity index (χ1v) is 5.24. The number of halogens is 5. The second-order valence-corrected chi connectivity index (χ2v) is 4.02. The number of hydrogen-bond acceptors (Lipinski definition) is 1. The molecule has 0 aliphatic rings. The van der Waals surface area contributed by atoms with E-state index in [1.165, 1.54) is 6.07 Å².